The quantitative estimate of drug-likeness (QED) is 0.812. The van der Waals surface area contributed by atoms with Crippen molar-refractivity contribution < 1.29 is 5.11 Å². The Morgan fingerprint density at radius 3 is 3.00 bits per heavy atom. The fourth-order valence-corrected chi connectivity index (χ4v) is 2.48. The number of hydrogen-bond acceptors (Lipinski definition) is 2. The second kappa shape index (κ2) is 4.00. The van der Waals surface area contributed by atoms with Crippen molar-refractivity contribution in [1.82, 2.24) is 9.55 Å². The number of aryl methyl sites for hydroxylation is 1. The molecular formula is C14H16N2O. The zero-order valence-electron chi connectivity index (χ0n) is 9.93. The Bertz CT molecular complexity index is 545. The molecule has 2 heterocycles. The van der Waals surface area contributed by atoms with Gasteiger partial charge in [-0.25, -0.2) is 4.98 Å². The van der Waals surface area contributed by atoms with E-state index in [1.165, 1.54) is 11.1 Å². The van der Waals surface area contributed by atoms with E-state index in [0.29, 0.717) is 0 Å². The van der Waals surface area contributed by atoms with Gasteiger partial charge in [-0.05, 0) is 18.9 Å². The summed E-state index contributed by atoms with van der Waals surface area (Å²) in [5.41, 5.74) is 3.57. The zero-order chi connectivity index (χ0) is 11.8. The van der Waals surface area contributed by atoms with Gasteiger partial charge in [0.2, 0.25) is 0 Å². The first-order chi connectivity index (χ1) is 8.25. The number of hydrogen-bond donors (Lipinski definition) is 1. The van der Waals surface area contributed by atoms with Gasteiger partial charge in [-0.3, -0.25) is 0 Å². The van der Waals surface area contributed by atoms with Gasteiger partial charge < -0.3 is 9.67 Å². The van der Waals surface area contributed by atoms with Crippen molar-refractivity contribution in [3.8, 4) is 11.4 Å². The topological polar surface area (TPSA) is 38.0 Å². The molecule has 1 unspecified atom stereocenters. The van der Waals surface area contributed by atoms with Gasteiger partial charge in [-0.1, -0.05) is 24.3 Å². The number of benzene rings is 1. The molecule has 0 spiro atoms. The number of fused-ring (bicyclic) bond motifs is 1. The van der Waals surface area contributed by atoms with Crippen LogP contribution in [0.25, 0.3) is 11.4 Å². The van der Waals surface area contributed by atoms with Gasteiger partial charge in [0.15, 0.2) is 0 Å². The van der Waals surface area contributed by atoms with E-state index in [2.05, 4.69) is 28.6 Å². The van der Waals surface area contributed by atoms with E-state index in [-0.39, 0.29) is 6.10 Å². The summed E-state index contributed by atoms with van der Waals surface area (Å²) in [6, 6.07) is 8.30. The number of imidazole rings is 1. The highest BCUT2D eigenvalue weighted by Crippen LogP contribution is 2.26. The molecule has 1 aromatic heterocycles. The number of nitrogens with zero attached hydrogens (tertiary/aromatic N) is 2. The molecule has 3 nitrogen and oxygen atoms in total. The predicted octanol–water partition coefficient (Wildman–Crippen LogP) is 2.17. The summed E-state index contributed by atoms with van der Waals surface area (Å²) in [5, 5.41) is 9.65. The van der Waals surface area contributed by atoms with Crippen LogP contribution in [0.2, 0.25) is 0 Å². The van der Waals surface area contributed by atoms with Crippen LogP contribution < -0.4 is 0 Å². The molecule has 3 rings (SSSR count). The molecule has 0 amide bonds. The third-order valence-electron chi connectivity index (χ3n) is 3.45. The van der Waals surface area contributed by atoms with E-state index in [0.717, 1.165) is 30.9 Å². The minimum Gasteiger partial charge on any atom is -0.393 e. The van der Waals surface area contributed by atoms with Crippen LogP contribution in [0.4, 0.5) is 0 Å². The monoisotopic (exact) mass is 228 g/mol. The SMILES string of the molecule is Cc1ccccc1-c1ncc2n1CCC(O)C2. The molecule has 1 aliphatic rings. The highest BCUT2D eigenvalue weighted by molar-refractivity contribution is 5.60. The maximum absolute atomic E-state index is 9.65. The summed E-state index contributed by atoms with van der Waals surface area (Å²) in [6.45, 7) is 2.97. The van der Waals surface area contributed by atoms with Crippen LogP contribution >= 0.6 is 0 Å². The first-order valence-electron chi connectivity index (χ1n) is 6.04. The summed E-state index contributed by atoms with van der Waals surface area (Å²) in [6.07, 6.45) is 3.23. The average molecular weight is 228 g/mol. The molecule has 88 valence electrons. The molecule has 0 fully saturated rings. The van der Waals surface area contributed by atoms with Gasteiger partial charge in [0.05, 0.1) is 6.10 Å². The van der Waals surface area contributed by atoms with Gasteiger partial charge in [0.25, 0.3) is 0 Å². The Labute approximate surface area is 101 Å². The molecule has 3 heteroatoms. The smallest absolute Gasteiger partial charge is 0.140 e. The Morgan fingerprint density at radius 1 is 1.35 bits per heavy atom. The lowest BCUT2D eigenvalue weighted by molar-refractivity contribution is 0.144. The standard InChI is InChI=1S/C14H16N2O/c1-10-4-2-3-5-13(10)14-15-9-11-8-12(17)6-7-16(11)14/h2-5,9,12,17H,6-8H2,1H3. The molecule has 0 aliphatic carbocycles. The van der Waals surface area contributed by atoms with Crippen LogP contribution in [-0.2, 0) is 13.0 Å². The lowest BCUT2D eigenvalue weighted by atomic mass is 10.1. The first-order valence-corrected chi connectivity index (χ1v) is 6.04. The van der Waals surface area contributed by atoms with Crippen LogP contribution in [0.3, 0.4) is 0 Å². The van der Waals surface area contributed by atoms with Crippen molar-refractivity contribution in [3.05, 3.63) is 41.7 Å². The fraction of sp³-hybridized carbons (Fsp3) is 0.357. The van der Waals surface area contributed by atoms with Crippen LogP contribution in [0, 0.1) is 6.92 Å². The van der Waals surface area contributed by atoms with Gasteiger partial charge in [-0.2, -0.15) is 0 Å². The van der Waals surface area contributed by atoms with E-state index in [1.54, 1.807) is 0 Å². The van der Waals surface area contributed by atoms with Crippen LogP contribution in [0.5, 0.6) is 0 Å². The van der Waals surface area contributed by atoms with Crippen molar-refractivity contribution in [2.24, 2.45) is 0 Å². The molecule has 2 aromatic rings. The maximum atomic E-state index is 9.65. The highest BCUT2D eigenvalue weighted by Gasteiger charge is 2.20. The molecule has 0 radical (unpaired) electrons. The zero-order valence-corrected chi connectivity index (χ0v) is 9.93. The summed E-state index contributed by atoms with van der Waals surface area (Å²) < 4.78 is 2.23. The largest absolute Gasteiger partial charge is 0.393 e. The lowest BCUT2D eigenvalue weighted by Crippen LogP contribution is -2.23. The van der Waals surface area contributed by atoms with E-state index < -0.39 is 0 Å². The molecule has 0 saturated heterocycles. The van der Waals surface area contributed by atoms with Crippen molar-refractivity contribution in [1.29, 1.82) is 0 Å². The summed E-state index contributed by atoms with van der Waals surface area (Å²) in [7, 11) is 0. The third-order valence-corrected chi connectivity index (χ3v) is 3.45. The lowest BCUT2D eigenvalue weighted by Gasteiger charge is -2.21. The van der Waals surface area contributed by atoms with E-state index in [1.807, 2.05) is 18.3 Å². The van der Waals surface area contributed by atoms with E-state index in [9.17, 15) is 5.11 Å². The van der Waals surface area contributed by atoms with Crippen molar-refractivity contribution in [2.45, 2.75) is 32.4 Å². The Hall–Kier alpha value is -1.61. The van der Waals surface area contributed by atoms with E-state index in [4.69, 9.17) is 0 Å². The molecule has 0 bridgehead atoms. The molecule has 1 atom stereocenters. The number of aromatic nitrogens is 2. The molecule has 1 aromatic carbocycles. The predicted molar refractivity (Wildman–Crippen MR) is 66.7 cm³/mol. The minimum absolute atomic E-state index is 0.205. The first kappa shape index (κ1) is 10.5. The summed E-state index contributed by atoms with van der Waals surface area (Å²) in [5.74, 6) is 1.03. The Morgan fingerprint density at radius 2 is 2.18 bits per heavy atom. The van der Waals surface area contributed by atoms with Crippen molar-refractivity contribution >= 4 is 0 Å². The molecule has 0 saturated carbocycles. The van der Waals surface area contributed by atoms with E-state index >= 15 is 0 Å². The van der Waals surface area contributed by atoms with Gasteiger partial charge >= 0.3 is 0 Å². The summed E-state index contributed by atoms with van der Waals surface area (Å²) in [4.78, 5) is 4.52. The number of aliphatic hydroxyl groups is 1. The second-order valence-corrected chi connectivity index (χ2v) is 4.69. The maximum Gasteiger partial charge on any atom is 0.140 e. The minimum atomic E-state index is -0.205. The number of aliphatic hydroxyl groups excluding tert-OH is 1. The van der Waals surface area contributed by atoms with Crippen LogP contribution in [-0.4, -0.2) is 20.8 Å². The van der Waals surface area contributed by atoms with Gasteiger partial charge in [0, 0.05) is 30.4 Å². The van der Waals surface area contributed by atoms with Gasteiger partial charge in [-0.15, -0.1) is 0 Å². The fourth-order valence-electron chi connectivity index (χ4n) is 2.48. The van der Waals surface area contributed by atoms with Crippen LogP contribution in [0.1, 0.15) is 17.7 Å². The molecule has 1 aliphatic heterocycles. The normalized spacial score (nSPS) is 19.1. The summed E-state index contributed by atoms with van der Waals surface area (Å²) >= 11 is 0. The Kier molecular flexibility index (Phi) is 2.48. The van der Waals surface area contributed by atoms with Crippen molar-refractivity contribution in [2.75, 3.05) is 0 Å². The van der Waals surface area contributed by atoms with Gasteiger partial charge in [0.1, 0.15) is 5.82 Å². The number of rotatable bonds is 1. The average Bonchev–Trinajstić information content (AvgIpc) is 2.72. The molecule has 1 N–H and O–H groups in total. The van der Waals surface area contributed by atoms with Crippen molar-refractivity contribution in [3.63, 3.8) is 0 Å². The Balaban J connectivity index is 2.09. The molecule has 17 heavy (non-hydrogen) atoms. The highest BCUT2D eigenvalue weighted by atomic mass is 16.3. The van der Waals surface area contributed by atoms with Crippen LogP contribution in [0.15, 0.2) is 30.5 Å². The molecular weight excluding hydrogens is 212 g/mol. The third kappa shape index (κ3) is 1.76. The second-order valence-electron chi connectivity index (χ2n) is 4.69.